The first kappa shape index (κ1) is 17.4. The summed E-state index contributed by atoms with van der Waals surface area (Å²) in [6, 6.07) is 0.574. The monoisotopic (exact) mass is 283 g/mol. The van der Waals surface area contributed by atoms with Crippen molar-refractivity contribution in [2.75, 3.05) is 33.2 Å². The van der Waals surface area contributed by atoms with E-state index in [4.69, 9.17) is 0 Å². The lowest BCUT2D eigenvalue weighted by atomic mass is 9.85. The van der Waals surface area contributed by atoms with Crippen LogP contribution in [0.15, 0.2) is 0 Å². The van der Waals surface area contributed by atoms with Crippen LogP contribution in [-0.4, -0.2) is 50.1 Å². The summed E-state index contributed by atoms with van der Waals surface area (Å²) in [5, 5.41) is 6.49. The van der Waals surface area contributed by atoms with Crippen LogP contribution in [0.25, 0.3) is 0 Å². The van der Waals surface area contributed by atoms with Crippen molar-refractivity contribution in [1.29, 1.82) is 0 Å². The lowest BCUT2D eigenvalue weighted by Gasteiger charge is -2.28. The summed E-state index contributed by atoms with van der Waals surface area (Å²) in [7, 11) is 2.13. The third kappa shape index (κ3) is 6.71. The Labute approximate surface area is 124 Å². The zero-order chi connectivity index (χ0) is 15.0. The Kier molecular flexibility index (Phi) is 8.15. The Bertz CT molecular complexity index is 275. The maximum absolute atomic E-state index is 11.9. The van der Waals surface area contributed by atoms with Crippen molar-refractivity contribution in [2.45, 2.75) is 52.5 Å². The van der Waals surface area contributed by atoms with Gasteiger partial charge in [0.1, 0.15) is 0 Å². The number of rotatable bonds is 8. The lowest BCUT2D eigenvalue weighted by molar-refractivity contribution is -0.122. The molecule has 1 rings (SSSR count). The van der Waals surface area contributed by atoms with Gasteiger partial charge < -0.3 is 15.5 Å². The quantitative estimate of drug-likeness (QED) is 0.668. The van der Waals surface area contributed by atoms with Crippen molar-refractivity contribution in [3.05, 3.63) is 0 Å². The molecule has 0 radical (unpaired) electrons. The van der Waals surface area contributed by atoms with E-state index in [1.54, 1.807) is 0 Å². The Balaban J connectivity index is 2.10. The molecule has 1 fully saturated rings. The van der Waals surface area contributed by atoms with Gasteiger partial charge in [-0.15, -0.1) is 0 Å². The fraction of sp³-hybridized carbons (Fsp3) is 0.938. The molecule has 0 saturated carbocycles. The zero-order valence-electron chi connectivity index (χ0n) is 13.7. The summed E-state index contributed by atoms with van der Waals surface area (Å²) >= 11 is 0. The van der Waals surface area contributed by atoms with Crippen LogP contribution in [0.2, 0.25) is 0 Å². The molecule has 1 aliphatic heterocycles. The molecule has 1 saturated heterocycles. The Morgan fingerprint density at radius 2 is 2.15 bits per heavy atom. The van der Waals surface area contributed by atoms with Crippen molar-refractivity contribution >= 4 is 5.91 Å². The minimum atomic E-state index is 0.218. The van der Waals surface area contributed by atoms with Gasteiger partial charge in [0.05, 0.1) is 0 Å². The maximum atomic E-state index is 11.9. The Morgan fingerprint density at radius 1 is 1.40 bits per heavy atom. The fourth-order valence-electron chi connectivity index (χ4n) is 2.71. The van der Waals surface area contributed by atoms with E-state index in [1.165, 1.54) is 12.8 Å². The van der Waals surface area contributed by atoms with Crippen molar-refractivity contribution < 1.29 is 4.79 Å². The van der Waals surface area contributed by atoms with Crippen LogP contribution >= 0.6 is 0 Å². The number of hydrogen-bond donors (Lipinski definition) is 2. The topological polar surface area (TPSA) is 44.4 Å². The lowest BCUT2D eigenvalue weighted by Crippen LogP contribution is -2.36. The first-order valence-corrected chi connectivity index (χ1v) is 8.18. The van der Waals surface area contributed by atoms with E-state index in [1.807, 2.05) is 0 Å². The van der Waals surface area contributed by atoms with E-state index < -0.39 is 0 Å². The van der Waals surface area contributed by atoms with Crippen LogP contribution in [0.5, 0.6) is 0 Å². The SMILES string of the molecule is CC(CC(=O)NCCCN(C)C(C)C)C1CCCNC1. The first-order chi connectivity index (χ1) is 9.50. The third-order valence-electron chi connectivity index (χ3n) is 4.54. The number of nitrogens with one attached hydrogen (secondary N) is 2. The maximum Gasteiger partial charge on any atom is 0.220 e. The highest BCUT2D eigenvalue weighted by Gasteiger charge is 2.21. The molecule has 0 aromatic carbocycles. The second-order valence-electron chi connectivity index (χ2n) is 6.57. The van der Waals surface area contributed by atoms with Gasteiger partial charge in [-0.25, -0.2) is 0 Å². The molecule has 0 aromatic rings. The van der Waals surface area contributed by atoms with Crippen molar-refractivity contribution in [3.8, 4) is 0 Å². The molecule has 0 aromatic heterocycles. The van der Waals surface area contributed by atoms with E-state index in [-0.39, 0.29) is 5.91 Å². The van der Waals surface area contributed by atoms with Crippen LogP contribution in [-0.2, 0) is 4.79 Å². The van der Waals surface area contributed by atoms with Crippen LogP contribution in [0.1, 0.15) is 46.5 Å². The molecule has 2 atom stereocenters. The van der Waals surface area contributed by atoms with E-state index in [2.05, 4.69) is 43.4 Å². The molecule has 2 unspecified atom stereocenters. The highest BCUT2D eigenvalue weighted by atomic mass is 16.1. The van der Waals surface area contributed by atoms with Gasteiger partial charge in [-0.3, -0.25) is 4.79 Å². The fourth-order valence-corrected chi connectivity index (χ4v) is 2.71. The predicted molar refractivity (Wildman–Crippen MR) is 84.8 cm³/mol. The number of hydrogen-bond acceptors (Lipinski definition) is 3. The van der Waals surface area contributed by atoms with Gasteiger partial charge in [0.25, 0.3) is 0 Å². The van der Waals surface area contributed by atoms with Gasteiger partial charge in [0.15, 0.2) is 0 Å². The van der Waals surface area contributed by atoms with Crippen molar-refractivity contribution in [1.82, 2.24) is 15.5 Å². The van der Waals surface area contributed by atoms with E-state index in [0.717, 1.165) is 32.6 Å². The summed E-state index contributed by atoms with van der Waals surface area (Å²) in [4.78, 5) is 14.2. The van der Waals surface area contributed by atoms with Gasteiger partial charge in [-0.2, -0.15) is 0 Å². The molecule has 1 amide bonds. The molecule has 2 N–H and O–H groups in total. The Morgan fingerprint density at radius 3 is 2.75 bits per heavy atom. The van der Waals surface area contributed by atoms with Gasteiger partial charge in [0, 0.05) is 19.0 Å². The first-order valence-electron chi connectivity index (χ1n) is 8.18. The minimum Gasteiger partial charge on any atom is -0.356 e. The highest BCUT2D eigenvalue weighted by Crippen LogP contribution is 2.22. The standard InChI is InChI=1S/C16H33N3O/c1-13(2)19(4)10-6-9-18-16(20)11-14(3)15-7-5-8-17-12-15/h13-15,17H,5-12H2,1-4H3,(H,18,20). The molecule has 118 valence electrons. The number of carbonyl (C=O) groups is 1. The van der Waals surface area contributed by atoms with Crippen LogP contribution in [0.3, 0.4) is 0 Å². The second-order valence-corrected chi connectivity index (χ2v) is 6.57. The third-order valence-corrected chi connectivity index (χ3v) is 4.54. The normalized spacial score (nSPS) is 21.2. The summed E-state index contributed by atoms with van der Waals surface area (Å²) in [5.41, 5.74) is 0. The van der Waals surface area contributed by atoms with E-state index in [9.17, 15) is 4.79 Å². The predicted octanol–water partition coefficient (Wildman–Crippen LogP) is 1.86. The molecule has 0 bridgehead atoms. The molecule has 0 aliphatic carbocycles. The van der Waals surface area contributed by atoms with E-state index >= 15 is 0 Å². The number of piperidine rings is 1. The molecule has 4 heteroatoms. The van der Waals surface area contributed by atoms with Gasteiger partial charge in [-0.05, 0) is 71.6 Å². The molecule has 4 nitrogen and oxygen atoms in total. The summed E-state index contributed by atoms with van der Waals surface area (Å²) in [6.45, 7) is 10.7. The van der Waals surface area contributed by atoms with Crippen LogP contribution < -0.4 is 10.6 Å². The molecular weight excluding hydrogens is 250 g/mol. The molecule has 1 heterocycles. The molecular formula is C16H33N3O. The average Bonchev–Trinajstić information content (AvgIpc) is 2.44. The van der Waals surface area contributed by atoms with Crippen LogP contribution in [0, 0.1) is 11.8 Å². The summed E-state index contributed by atoms with van der Waals surface area (Å²) < 4.78 is 0. The largest absolute Gasteiger partial charge is 0.356 e. The summed E-state index contributed by atoms with van der Waals surface area (Å²) in [5.74, 6) is 1.37. The van der Waals surface area contributed by atoms with Crippen molar-refractivity contribution in [3.63, 3.8) is 0 Å². The molecule has 0 spiro atoms. The average molecular weight is 283 g/mol. The second kappa shape index (κ2) is 9.35. The summed E-state index contributed by atoms with van der Waals surface area (Å²) in [6.07, 6.45) is 4.21. The number of nitrogens with zero attached hydrogens (tertiary/aromatic N) is 1. The smallest absolute Gasteiger partial charge is 0.220 e. The van der Waals surface area contributed by atoms with Crippen molar-refractivity contribution in [2.24, 2.45) is 11.8 Å². The number of carbonyl (C=O) groups excluding carboxylic acids is 1. The van der Waals surface area contributed by atoms with Gasteiger partial charge in [0.2, 0.25) is 5.91 Å². The molecule has 20 heavy (non-hydrogen) atoms. The zero-order valence-corrected chi connectivity index (χ0v) is 13.7. The highest BCUT2D eigenvalue weighted by molar-refractivity contribution is 5.76. The van der Waals surface area contributed by atoms with E-state index in [0.29, 0.717) is 24.3 Å². The van der Waals surface area contributed by atoms with Gasteiger partial charge in [-0.1, -0.05) is 6.92 Å². The minimum absolute atomic E-state index is 0.218. The Hall–Kier alpha value is -0.610. The molecule has 1 aliphatic rings. The number of amides is 1. The van der Waals surface area contributed by atoms with Gasteiger partial charge >= 0.3 is 0 Å². The van der Waals surface area contributed by atoms with Crippen LogP contribution in [0.4, 0.5) is 0 Å².